The molecular formula is C65H41N3. The Morgan fingerprint density at radius 3 is 0.985 bits per heavy atom. The van der Waals surface area contributed by atoms with Crippen molar-refractivity contribution in [1.82, 2.24) is 0 Å². The van der Waals surface area contributed by atoms with Crippen LogP contribution in [0.25, 0.3) is 98.0 Å². The monoisotopic (exact) mass is 863 g/mol. The van der Waals surface area contributed by atoms with E-state index in [0.717, 1.165) is 43.4 Å². The molecule has 0 bridgehead atoms. The van der Waals surface area contributed by atoms with Gasteiger partial charge in [0, 0.05) is 5.56 Å². The minimum atomic E-state index is -1.87. The maximum absolute atomic E-state index is 9.90. The molecule has 1 aliphatic rings. The largest absolute Gasteiger partial charge is 0.253 e. The Bertz CT molecular complexity index is 4000. The summed E-state index contributed by atoms with van der Waals surface area (Å²) in [7, 11) is 0. The van der Waals surface area contributed by atoms with Crippen molar-refractivity contribution in [3.05, 3.63) is 228 Å². The summed E-state index contributed by atoms with van der Waals surface area (Å²) >= 11 is 0. The van der Waals surface area contributed by atoms with Crippen molar-refractivity contribution < 1.29 is 0 Å². The molecule has 12 aromatic carbocycles. The molecule has 0 spiro atoms. The van der Waals surface area contributed by atoms with Gasteiger partial charge in [-0.05, 0) is 180 Å². The summed E-state index contributed by atoms with van der Waals surface area (Å²) in [5, 5.41) is 43.7. The van der Waals surface area contributed by atoms with Gasteiger partial charge in [0.2, 0.25) is 0 Å². The molecule has 316 valence electrons. The van der Waals surface area contributed by atoms with Gasteiger partial charge in [0.1, 0.15) is 18.2 Å². The Hall–Kier alpha value is -8.81. The molecule has 1 aliphatic carbocycles. The van der Waals surface area contributed by atoms with Crippen molar-refractivity contribution in [3.8, 4) is 51.6 Å². The Kier molecular flexibility index (Phi) is 8.20. The van der Waals surface area contributed by atoms with Gasteiger partial charge in [-0.3, -0.25) is 0 Å². The van der Waals surface area contributed by atoms with Gasteiger partial charge in [-0.15, -0.1) is 0 Å². The molecule has 0 fully saturated rings. The molecule has 0 amide bonds. The van der Waals surface area contributed by atoms with Crippen molar-refractivity contribution in [2.24, 2.45) is 0 Å². The molecule has 3 nitrogen and oxygen atoms in total. The topological polar surface area (TPSA) is 71.4 Å². The number of hydrogen-bond acceptors (Lipinski definition) is 3. The van der Waals surface area contributed by atoms with Crippen LogP contribution in [-0.4, -0.2) is 0 Å². The van der Waals surface area contributed by atoms with Gasteiger partial charge in [0.25, 0.3) is 5.41 Å². The summed E-state index contributed by atoms with van der Waals surface area (Å²) in [5.41, 5.74) is 11.4. The van der Waals surface area contributed by atoms with Gasteiger partial charge in [-0.2, -0.15) is 15.8 Å². The molecular weight excluding hydrogens is 823 g/mol. The SMILES string of the molecule is CC(C)(C)c1cc2ccc3cc(-c4ccc5c(c4)C(c4ccccc4)(c4ccccc4)c4cc(-c6cc7ccc8cc(C(C#N)(C#N)C#N)cc9ccc(c6)c7c89)ccc4-5)cc4ccc(c1)c2c34. The van der Waals surface area contributed by atoms with Gasteiger partial charge in [-0.25, -0.2) is 0 Å². The predicted molar refractivity (Wildman–Crippen MR) is 279 cm³/mol. The number of nitrogens with zero attached hydrogens (tertiary/aromatic N) is 3. The lowest BCUT2D eigenvalue weighted by molar-refractivity contribution is 0.591. The van der Waals surface area contributed by atoms with Crippen LogP contribution in [0, 0.1) is 34.0 Å². The first-order valence-corrected chi connectivity index (χ1v) is 23.2. The molecule has 0 unspecified atom stereocenters. The highest BCUT2D eigenvalue weighted by molar-refractivity contribution is 6.25. The molecule has 13 rings (SSSR count). The van der Waals surface area contributed by atoms with E-state index in [1.54, 1.807) is 0 Å². The Labute approximate surface area is 394 Å². The van der Waals surface area contributed by atoms with E-state index in [-0.39, 0.29) is 5.41 Å². The van der Waals surface area contributed by atoms with Crippen LogP contribution in [-0.2, 0) is 16.2 Å². The summed E-state index contributed by atoms with van der Waals surface area (Å²) in [6, 6.07) is 77.4. The smallest absolute Gasteiger partial charge is 0.195 e. The number of nitriles is 3. The van der Waals surface area contributed by atoms with E-state index in [9.17, 15) is 15.8 Å². The quantitative estimate of drug-likeness (QED) is 0.162. The summed E-state index contributed by atoms with van der Waals surface area (Å²) in [6.45, 7) is 6.86. The van der Waals surface area contributed by atoms with Crippen LogP contribution in [0.2, 0.25) is 0 Å². The summed E-state index contributed by atoms with van der Waals surface area (Å²) in [4.78, 5) is 0. The zero-order valence-corrected chi connectivity index (χ0v) is 37.8. The highest BCUT2D eigenvalue weighted by atomic mass is 14.5. The van der Waals surface area contributed by atoms with E-state index in [1.807, 2.05) is 42.5 Å². The van der Waals surface area contributed by atoms with Crippen LogP contribution in [0.1, 0.15) is 54.2 Å². The lowest BCUT2D eigenvalue weighted by Crippen LogP contribution is -2.28. The number of fused-ring (bicyclic) bond motifs is 3. The standard InChI is InChI=1S/C65H41N3/c1-63(2,3)53-30-45-18-14-41-26-49(27-42-15-19-46(31-53)61(45)59(41)42)39-22-24-55-56-25-23-40(35-58(56)65(57(55)34-39,51-10-6-4-7-11-51)52-12-8-5-9-13-52)50-28-43-16-20-47-32-54(64(36-66,37-67)38-68)33-48-21-17-44(29-50)60(43)62(47)48/h4-35H,1-3H3. The van der Waals surface area contributed by atoms with E-state index < -0.39 is 10.8 Å². The Balaban J connectivity index is 0.994. The first-order valence-electron chi connectivity index (χ1n) is 23.2. The lowest BCUT2D eigenvalue weighted by Gasteiger charge is -2.34. The van der Waals surface area contributed by atoms with Gasteiger partial charge >= 0.3 is 0 Å². The van der Waals surface area contributed by atoms with Crippen LogP contribution >= 0.6 is 0 Å². The Morgan fingerprint density at radius 1 is 0.338 bits per heavy atom. The van der Waals surface area contributed by atoms with Gasteiger partial charge in [0.05, 0.1) is 5.41 Å². The van der Waals surface area contributed by atoms with Crippen LogP contribution < -0.4 is 0 Å². The normalized spacial score (nSPS) is 13.3. The fourth-order valence-corrected chi connectivity index (χ4v) is 11.8. The Morgan fingerprint density at radius 2 is 0.662 bits per heavy atom. The van der Waals surface area contributed by atoms with Crippen molar-refractivity contribution in [2.75, 3.05) is 0 Å². The van der Waals surface area contributed by atoms with Crippen LogP contribution in [0.3, 0.4) is 0 Å². The van der Waals surface area contributed by atoms with Crippen molar-refractivity contribution in [3.63, 3.8) is 0 Å². The molecule has 0 aliphatic heterocycles. The zero-order chi connectivity index (χ0) is 46.1. The summed E-state index contributed by atoms with van der Waals surface area (Å²) in [5.74, 6) is 0. The minimum absolute atomic E-state index is 0.0641. The molecule has 0 saturated carbocycles. The average Bonchev–Trinajstić information content (AvgIpc) is 3.67. The second-order valence-corrected chi connectivity index (χ2v) is 19.8. The minimum Gasteiger partial charge on any atom is -0.195 e. The zero-order valence-electron chi connectivity index (χ0n) is 37.8. The highest BCUT2D eigenvalue weighted by Gasteiger charge is 2.46. The molecule has 12 aromatic rings. The second-order valence-electron chi connectivity index (χ2n) is 19.8. The third-order valence-electron chi connectivity index (χ3n) is 15.1. The van der Waals surface area contributed by atoms with Crippen LogP contribution in [0.5, 0.6) is 0 Å². The second kappa shape index (κ2) is 14.1. The number of benzene rings is 12. The van der Waals surface area contributed by atoms with Crippen molar-refractivity contribution >= 4 is 64.6 Å². The van der Waals surface area contributed by atoms with E-state index in [0.29, 0.717) is 5.56 Å². The van der Waals surface area contributed by atoms with Crippen molar-refractivity contribution in [1.29, 1.82) is 15.8 Å². The maximum Gasteiger partial charge on any atom is 0.253 e. The molecule has 68 heavy (non-hydrogen) atoms. The fourth-order valence-electron chi connectivity index (χ4n) is 11.8. The fraction of sp³-hybridized carbons (Fsp3) is 0.0923. The predicted octanol–water partition coefficient (Wildman–Crippen LogP) is 16.3. The van der Waals surface area contributed by atoms with E-state index in [4.69, 9.17) is 0 Å². The van der Waals surface area contributed by atoms with Crippen molar-refractivity contribution in [2.45, 2.75) is 37.0 Å². The molecule has 0 saturated heterocycles. The number of rotatable bonds is 5. The van der Waals surface area contributed by atoms with Crippen LogP contribution in [0.4, 0.5) is 0 Å². The van der Waals surface area contributed by atoms with E-state index >= 15 is 0 Å². The third-order valence-corrected chi connectivity index (χ3v) is 15.1. The molecule has 0 heterocycles. The van der Waals surface area contributed by atoms with E-state index in [2.05, 4.69) is 191 Å². The summed E-state index contributed by atoms with van der Waals surface area (Å²) in [6.07, 6.45) is 0. The van der Waals surface area contributed by atoms with E-state index in [1.165, 1.54) is 82.4 Å². The molecule has 0 N–H and O–H groups in total. The van der Waals surface area contributed by atoms with Gasteiger partial charge in [0.15, 0.2) is 0 Å². The molecule has 0 atom stereocenters. The van der Waals surface area contributed by atoms with Crippen LogP contribution in [0.15, 0.2) is 194 Å². The maximum atomic E-state index is 9.90. The van der Waals surface area contributed by atoms with Gasteiger partial charge < -0.3 is 0 Å². The van der Waals surface area contributed by atoms with Gasteiger partial charge in [-0.1, -0.05) is 166 Å². The highest BCUT2D eigenvalue weighted by Crippen LogP contribution is 2.58. The average molecular weight is 864 g/mol. The molecule has 0 aromatic heterocycles. The third kappa shape index (κ3) is 5.44. The molecule has 3 heteroatoms. The first kappa shape index (κ1) is 39.5. The number of hydrogen-bond donors (Lipinski definition) is 0. The summed E-state index contributed by atoms with van der Waals surface area (Å²) < 4.78 is 0. The molecule has 0 radical (unpaired) electrons. The first-order chi connectivity index (χ1) is 33.1. The lowest BCUT2D eigenvalue weighted by atomic mass is 9.67.